The van der Waals surface area contributed by atoms with Crippen LogP contribution in [0.3, 0.4) is 0 Å². The Bertz CT molecular complexity index is 1640. The molecule has 5 aromatic rings. The number of hydrogen-bond acceptors (Lipinski definition) is 9. The Labute approximate surface area is 241 Å². The lowest BCUT2D eigenvalue weighted by molar-refractivity contribution is -0.138. The molecule has 2 aromatic carbocycles. The number of aliphatic carboxylic acids is 1. The fourth-order valence-electron chi connectivity index (χ4n) is 5.16. The van der Waals surface area contributed by atoms with Crippen LogP contribution in [0, 0.1) is 0 Å². The summed E-state index contributed by atoms with van der Waals surface area (Å²) >= 11 is 1.60. The van der Waals surface area contributed by atoms with Crippen LogP contribution < -0.4 is 4.74 Å². The summed E-state index contributed by atoms with van der Waals surface area (Å²) in [6, 6.07) is 23.5. The first-order valence-electron chi connectivity index (χ1n) is 13.3. The minimum Gasteiger partial charge on any atom is -0.504 e. The number of aromatic nitrogens is 3. The molecule has 1 aliphatic heterocycles. The summed E-state index contributed by atoms with van der Waals surface area (Å²) in [5, 5.41) is 21.5. The van der Waals surface area contributed by atoms with Crippen molar-refractivity contribution in [2.75, 3.05) is 13.7 Å². The molecule has 0 saturated carbocycles. The summed E-state index contributed by atoms with van der Waals surface area (Å²) in [5.74, 6) is -0.403. The second kappa shape index (κ2) is 11.6. The largest absolute Gasteiger partial charge is 0.504 e. The van der Waals surface area contributed by atoms with E-state index in [2.05, 4.69) is 11.0 Å². The SMILES string of the molecule is COc1cc(-c2nc3ccccc3s2)cc(CN2Cc3cccc(n3)CN(CC(=O)O)Cc3cccc(n3)C2)c1O. The molecule has 0 saturated heterocycles. The molecule has 0 radical (unpaired) electrons. The fourth-order valence-corrected chi connectivity index (χ4v) is 6.11. The quantitative estimate of drug-likeness (QED) is 0.290. The minimum atomic E-state index is -0.890. The van der Waals surface area contributed by atoms with Gasteiger partial charge in [-0.2, -0.15) is 0 Å². The van der Waals surface area contributed by atoms with Gasteiger partial charge in [0.05, 0.1) is 46.6 Å². The van der Waals surface area contributed by atoms with E-state index in [9.17, 15) is 15.0 Å². The number of para-hydroxylation sites is 1. The summed E-state index contributed by atoms with van der Waals surface area (Å²) in [5.41, 5.74) is 5.81. The summed E-state index contributed by atoms with van der Waals surface area (Å²) < 4.78 is 6.66. The van der Waals surface area contributed by atoms with Gasteiger partial charge in [-0.3, -0.25) is 24.6 Å². The summed E-state index contributed by atoms with van der Waals surface area (Å²) in [6.45, 7) is 2.13. The molecule has 0 aliphatic carbocycles. The van der Waals surface area contributed by atoms with Gasteiger partial charge in [-0.05, 0) is 48.5 Å². The van der Waals surface area contributed by atoms with Crippen molar-refractivity contribution in [2.24, 2.45) is 0 Å². The lowest BCUT2D eigenvalue weighted by atomic mass is 10.1. The average Bonchev–Trinajstić information content (AvgIpc) is 3.38. The highest BCUT2D eigenvalue weighted by Crippen LogP contribution is 2.39. The van der Waals surface area contributed by atoms with Crippen LogP contribution in [0.4, 0.5) is 0 Å². The lowest BCUT2D eigenvalue weighted by Gasteiger charge is -2.25. The number of carbonyl (C=O) groups is 1. The van der Waals surface area contributed by atoms with E-state index in [4.69, 9.17) is 19.7 Å². The second-order valence-corrected chi connectivity index (χ2v) is 11.1. The van der Waals surface area contributed by atoms with Crippen LogP contribution in [0.1, 0.15) is 28.3 Å². The molecule has 9 nitrogen and oxygen atoms in total. The minimum absolute atomic E-state index is 0.0937. The Morgan fingerprint density at radius 3 is 2.05 bits per heavy atom. The highest BCUT2D eigenvalue weighted by atomic mass is 32.1. The Hall–Kier alpha value is -4.38. The van der Waals surface area contributed by atoms with Gasteiger partial charge in [-0.1, -0.05) is 24.3 Å². The van der Waals surface area contributed by atoms with E-state index < -0.39 is 5.97 Å². The summed E-state index contributed by atoms with van der Waals surface area (Å²) in [6.07, 6.45) is 0. The molecule has 41 heavy (non-hydrogen) atoms. The number of carboxylic acid groups (broad SMARTS) is 1. The van der Waals surface area contributed by atoms with Crippen LogP contribution in [0.15, 0.2) is 72.8 Å². The third-order valence-corrected chi connectivity index (χ3v) is 8.02. The average molecular weight is 568 g/mol. The topological polar surface area (TPSA) is 112 Å². The van der Waals surface area contributed by atoms with Crippen LogP contribution in [-0.4, -0.2) is 54.6 Å². The number of aromatic hydroxyl groups is 1. The van der Waals surface area contributed by atoms with Gasteiger partial charge in [-0.15, -0.1) is 11.3 Å². The van der Waals surface area contributed by atoms with Gasteiger partial charge in [0.15, 0.2) is 11.5 Å². The van der Waals surface area contributed by atoms with Crippen molar-refractivity contribution in [1.29, 1.82) is 0 Å². The van der Waals surface area contributed by atoms with E-state index in [0.717, 1.165) is 43.6 Å². The molecular formula is C31H29N5O4S. The molecule has 10 heteroatoms. The molecule has 4 bridgehead atoms. The van der Waals surface area contributed by atoms with Crippen LogP contribution in [-0.2, 0) is 37.5 Å². The van der Waals surface area contributed by atoms with E-state index >= 15 is 0 Å². The van der Waals surface area contributed by atoms with Crippen molar-refractivity contribution in [3.05, 3.63) is 101 Å². The number of pyridine rings is 2. The number of phenolic OH excluding ortho intramolecular Hbond substituents is 1. The predicted molar refractivity (Wildman–Crippen MR) is 156 cm³/mol. The number of methoxy groups -OCH3 is 1. The molecule has 0 atom stereocenters. The van der Waals surface area contributed by atoms with Crippen LogP contribution in [0.5, 0.6) is 11.5 Å². The second-order valence-electron chi connectivity index (χ2n) is 10.1. The van der Waals surface area contributed by atoms with Gasteiger partial charge < -0.3 is 14.9 Å². The Morgan fingerprint density at radius 1 is 0.854 bits per heavy atom. The Balaban J connectivity index is 1.36. The third kappa shape index (κ3) is 6.19. The number of hydrogen-bond donors (Lipinski definition) is 2. The number of phenols is 1. The first-order valence-corrected chi connectivity index (χ1v) is 14.1. The first-order chi connectivity index (χ1) is 19.9. The number of rotatable bonds is 6. The molecule has 208 valence electrons. The van der Waals surface area contributed by atoms with Crippen molar-refractivity contribution < 1.29 is 19.7 Å². The van der Waals surface area contributed by atoms with E-state index in [0.29, 0.717) is 44.0 Å². The maximum atomic E-state index is 11.5. The van der Waals surface area contributed by atoms with Gasteiger partial charge in [0, 0.05) is 43.9 Å². The zero-order valence-electron chi connectivity index (χ0n) is 22.5. The van der Waals surface area contributed by atoms with E-state index in [1.807, 2.05) is 71.6 Å². The maximum absolute atomic E-state index is 11.5. The number of ether oxygens (including phenoxy) is 1. The normalized spacial score (nSPS) is 14.4. The summed E-state index contributed by atoms with van der Waals surface area (Å²) in [7, 11) is 1.55. The lowest BCUT2D eigenvalue weighted by Crippen LogP contribution is -2.31. The van der Waals surface area contributed by atoms with Gasteiger partial charge in [0.2, 0.25) is 0 Å². The Morgan fingerprint density at radius 2 is 1.46 bits per heavy atom. The number of carboxylic acids is 1. The van der Waals surface area contributed by atoms with Crippen molar-refractivity contribution in [2.45, 2.75) is 32.7 Å². The van der Waals surface area contributed by atoms with Crippen molar-refractivity contribution >= 4 is 27.5 Å². The third-order valence-electron chi connectivity index (χ3n) is 6.94. The first kappa shape index (κ1) is 26.8. The van der Waals surface area contributed by atoms with E-state index in [-0.39, 0.29) is 12.3 Å². The Kier molecular flexibility index (Phi) is 7.60. The molecule has 0 spiro atoms. The standard InChI is InChI=1S/C31H29N5O4S/c1-40-27-13-20(31-34-26-10-2-3-11-28(26)41-31)12-21(30(27)39)14-35-15-22-6-4-8-24(32-22)17-36(19-29(37)38)18-25-9-5-7-23(16-35)33-25/h2-13,39H,14-19H2,1H3,(H,37,38). The summed E-state index contributed by atoms with van der Waals surface area (Å²) in [4.78, 5) is 30.0. The number of nitrogens with zero attached hydrogens (tertiary/aromatic N) is 5. The van der Waals surface area contributed by atoms with E-state index in [1.165, 1.54) is 0 Å². The molecule has 6 rings (SSSR count). The molecule has 2 N–H and O–H groups in total. The van der Waals surface area contributed by atoms with Crippen molar-refractivity contribution in [3.8, 4) is 22.1 Å². The zero-order valence-corrected chi connectivity index (χ0v) is 23.3. The molecule has 3 aromatic heterocycles. The monoisotopic (exact) mass is 567 g/mol. The van der Waals surface area contributed by atoms with Crippen molar-refractivity contribution in [1.82, 2.24) is 24.8 Å². The van der Waals surface area contributed by atoms with Gasteiger partial charge >= 0.3 is 5.97 Å². The predicted octanol–water partition coefficient (Wildman–Crippen LogP) is 5.07. The fraction of sp³-hybridized carbons (Fsp3) is 0.226. The van der Waals surface area contributed by atoms with Gasteiger partial charge in [-0.25, -0.2) is 4.98 Å². The molecular weight excluding hydrogens is 538 g/mol. The number of thiazole rings is 1. The van der Waals surface area contributed by atoms with Crippen LogP contribution in [0.25, 0.3) is 20.8 Å². The number of fused-ring (bicyclic) bond motifs is 5. The molecule has 0 amide bonds. The zero-order chi connectivity index (χ0) is 28.3. The highest BCUT2D eigenvalue weighted by Gasteiger charge is 2.20. The smallest absolute Gasteiger partial charge is 0.317 e. The van der Waals surface area contributed by atoms with Gasteiger partial charge in [0.1, 0.15) is 5.01 Å². The van der Waals surface area contributed by atoms with E-state index in [1.54, 1.807) is 18.4 Å². The van der Waals surface area contributed by atoms with Crippen molar-refractivity contribution in [3.63, 3.8) is 0 Å². The molecule has 4 heterocycles. The maximum Gasteiger partial charge on any atom is 0.317 e. The van der Waals surface area contributed by atoms with Crippen LogP contribution in [0.2, 0.25) is 0 Å². The molecule has 1 aliphatic rings. The van der Waals surface area contributed by atoms with Gasteiger partial charge in [0.25, 0.3) is 0 Å². The highest BCUT2D eigenvalue weighted by molar-refractivity contribution is 7.21. The molecule has 0 fully saturated rings. The van der Waals surface area contributed by atoms with Crippen LogP contribution >= 0.6 is 11.3 Å². The number of benzene rings is 2. The molecule has 0 unspecified atom stereocenters.